The molecule has 1 aromatic carbocycles. The number of benzene rings is 1. The van der Waals surface area contributed by atoms with E-state index in [2.05, 4.69) is 0 Å². The molecule has 1 fully saturated rings. The summed E-state index contributed by atoms with van der Waals surface area (Å²) in [6.07, 6.45) is 0.819. The van der Waals surface area contributed by atoms with E-state index < -0.39 is 29.6 Å². The minimum absolute atomic E-state index is 0.199. The van der Waals surface area contributed by atoms with E-state index in [4.69, 9.17) is 0 Å². The second kappa shape index (κ2) is 6.20. The number of likely N-dealkylation sites (tertiary alicyclic amines) is 1. The fourth-order valence-corrected chi connectivity index (χ4v) is 2.93. The number of amides is 1. The second-order valence-electron chi connectivity index (χ2n) is 5.10. The van der Waals surface area contributed by atoms with Gasteiger partial charge in [0.05, 0.1) is 12.0 Å². The zero-order chi connectivity index (χ0) is 15.6. The first kappa shape index (κ1) is 15.4. The minimum atomic E-state index is -1.14. The van der Waals surface area contributed by atoms with Gasteiger partial charge in [0, 0.05) is 18.5 Å². The van der Waals surface area contributed by atoms with Crippen molar-refractivity contribution in [3.05, 3.63) is 35.4 Å². The van der Waals surface area contributed by atoms with Crippen LogP contribution < -0.4 is 0 Å². The number of nitrogens with zero attached hydrogens (tertiary/aromatic N) is 1. The predicted octanol–water partition coefficient (Wildman–Crippen LogP) is 2.74. The predicted molar refractivity (Wildman–Crippen MR) is 71.5 cm³/mol. The van der Waals surface area contributed by atoms with Gasteiger partial charge in [0.25, 0.3) is 0 Å². The molecule has 21 heavy (non-hydrogen) atoms. The summed E-state index contributed by atoms with van der Waals surface area (Å²) in [4.78, 5) is 24.9. The molecule has 1 N–H and O–H groups in total. The Morgan fingerprint density at radius 3 is 2.52 bits per heavy atom. The molecule has 0 aromatic heterocycles. The Morgan fingerprint density at radius 1 is 1.38 bits per heavy atom. The SMILES string of the molecule is CCN1C(=O)CCCC(C(=O)O)C1c1c(F)cccc1F. The van der Waals surface area contributed by atoms with Crippen LogP contribution in [0.25, 0.3) is 0 Å². The maximum absolute atomic E-state index is 14.1. The maximum Gasteiger partial charge on any atom is 0.308 e. The summed E-state index contributed by atoms with van der Waals surface area (Å²) >= 11 is 0. The van der Waals surface area contributed by atoms with Gasteiger partial charge in [0.15, 0.2) is 0 Å². The van der Waals surface area contributed by atoms with Gasteiger partial charge in [-0.25, -0.2) is 8.78 Å². The highest BCUT2D eigenvalue weighted by Crippen LogP contribution is 2.38. The van der Waals surface area contributed by atoms with Crippen LogP contribution in [-0.2, 0) is 9.59 Å². The van der Waals surface area contributed by atoms with Gasteiger partial charge in [-0.15, -0.1) is 0 Å². The molecule has 6 heteroatoms. The van der Waals surface area contributed by atoms with Crippen molar-refractivity contribution in [3.8, 4) is 0 Å². The second-order valence-corrected chi connectivity index (χ2v) is 5.10. The average Bonchev–Trinajstić information content (AvgIpc) is 2.58. The Bertz CT molecular complexity index is 540. The lowest BCUT2D eigenvalue weighted by Crippen LogP contribution is -2.39. The summed E-state index contributed by atoms with van der Waals surface area (Å²) in [6.45, 7) is 1.88. The van der Waals surface area contributed by atoms with Crippen molar-refractivity contribution in [1.82, 2.24) is 4.90 Å². The van der Waals surface area contributed by atoms with Gasteiger partial charge in [-0.05, 0) is 31.9 Å². The first-order valence-electron chi connectivity index (χ1n) is 6.93. The van der Waals surface area contributed by atoms with Crippen LogP contribution in [0.5, 0.6) is 0 Å². The molecule has 4 nitrogen and oxygen atoms in total. The molecule has 0 radical (unpaired) electrons. The summed E-state index contributed by atoms with van der Waals surface area (Å²) in [5.41, 5.74) is -0.331. The van der Waals surface area contributed by atoms with Gasteiger partial charge >= 0.3 is 5.97 Å². The first-order valence-corrected chi connectivity index (χ1v) is 6.93. The number of aliphatic carboxylic acids is 1. The van der Waals surface area contributed by atoms with Gasteiger partial charge in [-0.1, -0.05) is 6.07 Å². The van der Waals surface area contributed by atoms with E-state index in [0.717, 1.165) is 12.1 Å². The fourth-order valence-electron chi connectivity index (χ4n) is 2.93. The largest absolute Gasteiger partial charge is 0.481 e. The molecule has 2 unspecified atom stereocenters. The Morgan fingerprint density at radius 2 is 2.00 bits per heavy atom. The topological polar surface area (TPSA) is 57.6 Å². The molecule has 1 aromatic rings. The van der Waals surface area contributed by atoms with Crippen molar-refractivity contribution in [1.29, 1.82) is 0 Å². The third kappa shape index (κ3) is 2.89. The molecule has 1 heterocycles. The molecule has 1 saturated heterocycles. The van der Waals surface area contributed by atoms with Crippen LogP contribution in [0.2, 0.25) is 0 Å². The molecule has 2 rings (SSSR count). The van der Waals surface area contributed by atoms with Crippen molar-refractivity contribution in [3.63, 3.8) is 0 Å². The number of carbonyl (C=O) groups is 2. The van der Waals surface area contributed by atoms with Gasteiger partial charge in [0.2, 0.25) is 5.91 Å². The Kier molecular flexibility index (Phi) is 4.55. The maximum atomic E-state index is 14.1. The molecule has 0 aliphatic carbocycles. The smallest absolute Gasteiger partial charge is 0.308 e. The van der Waals surface area contributed by atoms with Crippen molar-refractivity contribution >= 4 is 11.9 Å². The molecular weight excluding hydrogens is 280 g/mol. The molecule has 2 atom stereocenters. The lowest BCUT2D eigenvalue weighted by molar-refractivity contribution is -0.146. The number of halogens is 2. The van der Waals surface area contributed by atoms with E-state index >= 15 is 0 Å². The minimum Gasteiger partial charge on any atom is -0.481 e. The molecule has 114 valence electrons. The summed E-state index contributed by atoms with van der Waals surface area (Å²) in [5.74, 6) is -4.06. The van der Waals surface area contributed by atoms with Crippen LogP contribution >= 0.6 is 0 Å². The van der Waals surface area contributed by atoms with Crippen LogP contribution in [-0.4, -0.2) is 28.4 Å². The van der Waals surface area contributed by atoms with E-state index in [1.165, 1.54) is 11.0 Å². The number of carbonyl (C=O) groups excluding carboxylic acids is 1. The summed E-state index contributed by atoms with van der Waals surface area (Å²) in [5, 5.41) is 9.39. The number of hydrogen-bond acceptors (Lipinski definition) is 2. The monoisotopic (exact) mass is 297 g/mol. The lowest BCUT2D eigenvalue weighted by Gasteiger charge is -2.33. The van der Waals surface area contributed by atoms with Crippen molar-refractivity contribution in [2.75, 3.05) is 6.54 Å². The van der Waals surface area contributed by atoms with Gasteiger partial charge in [-0.2, -0.15) is 0 Å². The zero-order valence-electron chi connectivity index (χ0n) is 11.7. The van der Waals surface area contributed by atoms with Crippen LogP contribution in [0.1, 0.15) is 37.8 Å². The molecule has 0 bridgehead atoms. The third-order valence-corrected chi connectivity index (χ3v) is 3.90. The van der Waals surface area contributed by atoms with Crippen LogP contribution in [0, 0.1) is 17.6 Å². The summed E-state index contributed by atoms with van der Waals surface area (Å²) in [6, 6.07) is 2.28. The molecule has 1 aliphatic heterocycles. The van der Waals surface area contributed by atoms with E-state index in [-0.39, 0.29) is 30.9 Å². The molecule has 0 saturated carbocycles. The number of rotatable bonds is 3. The van der Waals surface area contributed by atoms with Crippen LogP contribution in [0.3, 0.4) is 0 Å². The Labute approximate surface area is 121 Å². The Hall–Kier alpha value is -1.98. The highest BCUT2D eigenvalue weighted by molar-refractivity contribution is 5.79. The Balaban J connectivity index is 2.59. The number of hydrogen-bond donors (Lipinski definition) is 1. The lowest BCUT2D eigenvalue weighted by atomic mass is 9.88. The molecule has 1 amide bonds. The van der Waals surface area contributed by atoms with E-state index in [1.54, 1.807) is 6.92 Å². The van der Waals surface area contributed by atoms with Crippen LogP contribution in [0.15, 0.2) is 18.2 Å². The van der Waals surface area contributed by atoms with Crippen molar-refractivity contribution in [2.45, 2.75) is 32.2 Å². The molecular formula is C15H17F2NO3. The average molecular weight is 297 g/mol. The summed E-state index contributed by atoms with van der Waals surface area (Å²) < 4.78 is 28.1. The van der Waals surface area contributed by atoms with Crippen molar-refractivity contribution in [2.24, 2.45) is 5.92 Å². The van der Waals surface area contributed by atoms with Gasteiger partial charge in [0.1, 0.15) is 11.6 Å². The highest BCUT2D eigenvalue weighted by Gasteiger charge is 2.40. The van der Waals surface area contributed by atoms with Crippen LogP contribution in [0.4, 0.5) is 8.78 Å². The molecule has 1 aliphatic rings. The highest BCUT2D eigenvalue weighted by atomic mass is 19.1. The van der Waals surface area contributed by atoms with E-state index in [9.17, 15) is 23.5 Å². The fraction of sp³-hybridized carbons (Fsp3) is 0.467. The van der Waals surface area contributed by atoms with Crippen molar-refractivity contribution < 1.29 is 23.5 Å². The number of carboxylic acid groups (broad SMARTS) is 1. The molecule has 0 spiro atoms. The quantitative estimate of drug-likeness (QED) is 0.933. The van der Waals surface area contributed by atoms with Gasteiger partial charge < -0.3 is 10.0 Å². The third-order valence-electron chi connectivity index (χ3n) is 3.90. The van der Waals surface area contributed by atoms with E-state index in [1.807, 2.05) is 0 Å². The first-order chi connectivity index (χ1) is 9.97. The zero-order valence-corrected chi connectivity index (χ0v) is 11.7. The standard InChI is InChI=1S/C15H17F2NO3/c1-2-18-12(19)8-3-5-9(15(20)21)14(18)13-10(16)6-4-7-11(13)17/h4,6-7,9,14H,2-3,5,8H2,1H3,(H,20,21). The van der Waals surface area contributed by atoms with E-state index in [0.29, 0.717) is 6.42 Å². The van der Waals surface area contributed by atoms with Gasteiger partial charge in [-0.3, -0.25) is 9.59 Å². The summed E-state index contributed by atoms with van der Waals surface area (Å²) in [7, 11) is 0. The number of carboxylic acids is 1. The normalized spacial score (nSPS) is 23.0.